The van der Waals surface area contributed by atoms with Crippen LogP contribution in [0.5, 0.6) is 0 Å². The van der Waals surface area contributed by atoms with Crippen molar-refractivity contribution in [2.75, 3.05) is 32.2 Å². The van der Waals surface area contributed by atoms with Crippen molar-refractivity contribution in [3.05, 3.63) is 16.0 Å². The number of hydrogen-bond acceptors (Lipinski definition) is 7. The number of nitrogens with one attached hydrogen (secondary N) is 1. The van der Waals surface area contributed by atoms with Gasteiger partial charge in [0.2, 0.25) is 0 Å². The highest BCUT2D eigenvalue weighted by atomic mass is 32.1. The fourth-order valence-electron chi connectivity index (χ4n) is 2.35. The zero-order valence-electron chi connectivity index (χ0n) is 13.1. The average molecular weight is 341 g/mol. The van der Waals surface area contributed by atoms with Gasteiger partial charge in [-0.1, -0.05) is 0 Å². The van der Waals surface area contributed by atoms with Crippen molar-refractivity contribution in [2.45, 2.75) is 26.2 Å². The average Bonchev–Trinajstić information content (AvgIpc) is 3.10. The maximum absolute atomic E-state index is 12.0. The summed E-state index contributed by atoms with van der Waals surface area (Å²) in [6, 6.07) is 0. The summed E-state index contributed by atoms with van der Waals surface area (Å²) in [6.07, 6.45) is 2.69. The maximum Gasteiger partial charge on any atom is 0.341 e. The Morgan fingerprint density at radius 1 is 1.22 bits per heavy atom. The van der Waals surface area contributed by atoms with Gasteiger partial charge >= 0.3 is 11.9 Å². The van der Waals surface area contributed by atoms with Crippen molar-refractivity contribution in [1.82, 2.24) is 0 Å². The van der Waals surface area contributed by atoms with Gasteiger partial charge in [0.05, 0.1) is 12.7 Å². The minimum Gasteiger partial charge on any atom is -0.465 e. The minimum atomic E-state index is -0.608. The molecule has 23 heavy (non-hydrogen) atoms. The number of amides is 1. The minimum absolute atomic E-state index is 0.190. The van der Waals surface area contributed by atoms with Crippen LogP contribution in [0.2, 0.25) is 0 Å². The van der Waals surface area contributed by atoms with E-state index in [2.05, 4.69) is 5.32 Å². The van der Waals surface area contributed by atoms with Crippen LogP contribution in [-0.2, 0) is 36.6 Å². The van der Waals surface area contributed by atoms with E-state index < -0.39 is 24.5 Å². The molecule has 0 aliphatic heterocycles. The third-order valence-electron chi connectivity index (χ3n) is 3.35. The number of thiophene rings is 1. The second-order valence-electron chi connectivity index (χ2n) is 4.90. The summed E-state index contributed by atoms with van der Waals surface area (Å²) in [5, 5.41) is 3.08. The van der Waals surface area contributed by atoms with Crippen molar-refractivity contribution in [2.24, 2.45) is 0 Å². The molecule has 126 valence electrons. The summed E-state index contributed by atoms with van der Waals surface area (Å²) in [6.45, 7) is 1.54. The Morgan fingerprint density at radius 2 is 2.00 bits per heavy atom. The molecule has 1 amide bonds. The summed E-state index contributed by atoms with van der Waals surface area (Å²) in [4.78, 5) is 36.2. The number of anilines is 1. The molecule has 2 rings (SSSR count). The van der Waals surface area contributed by atoms with Crippen molar-refractivity contribution in [3.63, 3.8) is 0 Å². The second-order valence-corrected chi connectivity index (χ2v) is 6.00. The van der Waals surface area contributed by atoms with Gasteiger partial charge in [0.1, 0.15) is 11.6 Å². The summed E-state index contributed by atoms with van der Waals surface area (Å²) in [7, 11) is 1.31. The second kappa shape index (κ2) is 8.07. The predicted molar refractivity (Wildman–Crippen MR) is 83.8 cm³/mol. The molecule has 0 saturated heterocycles. The van der Waals surface area contributed by atoms with Gasteiger partial charge in [-0.05, 0) is 31.7 Å². The Balaban J connectivity index is 1.98. The standard InChI is InChI=1S/C15H19NO6S/c1-3-21-8-12(18)22-7-11(17)16-14-13(15(19)20-2)9-5-4-6-10(9)23-14/h3-8H2,1-2H3,(H,16,17). The largest absolute Gasteiger partial charge is 0.465 e. The first-order valence-corrected chi connectivity index (χ1v) is 8.14. The summed E-state index contributed by atoms with van der Waals surface area (Å²) >= 11 is 1.37. The number of aryl methyl sites for hydroxylation is 1. The highest BCUT2D eigenvalue weighted by Gasteiger charge is 2.28. The quantitative estimate of drug-likeness (QED) is 0.757. The number of carbonyl (C=O) groups is 3. The molecule has 0 saturated carbocycles. The predicted octanol–water partition coefficient (Wildman–Crippen LogP) is 1.54. The fraction of sp³-hybridized carbons (Fsp3) is 0.533. The van der Waals surface area contributed by atoms with Crippen LogP contribution in [-0.4, -0.2) is 44.8 Å². The number of hydrogen-bond donors (Lipinski definition) is 1. The Labute approximate surface area is 137 Å². The van der Waals surface area contributed by atoms with Gasteiger partial charge < -0.3 is 19.5 Å². The van der Waals surface area contributed by atoms with E-state index in [4.69, 9.17) is 14.2 Å². The van der Waals surface area contributed by atoms with E-state index in [1.807, 2.05) is 0 Å². The fourth-order valence-corrected chi connectivity index (χ4v) is 3.64. The molecule has 1 heterocycles. The molecule has 8 heteroatoms. The third-order valence-corrected chi connectivity index (χ3v) is 4.56. The number of carbonyl (C=O) groups excluding carboxylic acids is 3. The highest BCUT2D eigenvalue weighted by Crippen LogP contribution is 2.39. The lowest BCUT2D eigenvalue weighted by Gasteiger charge is -2.08. The van der Waals surface area contributed by atoms with E-state index in [1.54, 1.807) is 6.92 Å². The topological polar surface area (TPSA) is 90.9 Å². The molecule has 0 aromatic carbocycles. The number of fused-ring (bicyclic) bond motifs is 1. The Morgan fingerprint density at radius 3 is 2.70 bits per heavy atom. The molecule has 1 N–H and O–H groups in total. The Hall–Kier alpha value is -1.93. The van der Waals surface area contributed by atoms with Crippen LogP contribution in [0.25, 0.3) is 0 Å². The van der Waals surface area contributed by atoms with E-state index in [0.717, 1.165) is 29.7 Å². The first-order valence-electron chi connectivity index (χ1n) is 7.32. The van der Waals surface area contributed by atoms with Crippen LogP contribution in [0.15, 0.2) is 0 Å². The monoisotopic (exact) mass is 341 g/mol. The van der Waals surface area contributed by atoms with Gasteiger partial charge in [-0.3, -0.25) is 4.79 Å². The molecule has 7 nitrogen and oxygen atoms in total. The molecule has 0 unspecified atom stereocenters. The van der Waals surface area contributed by atoms with Gasteiger partial charge in [0, 0.05) is 11.5 Å². The van der Waals surface area contributed by atoms with E-state index in [1.165, 1.54) is 18.4 Å². The Bertz CT molecular complexity index is 609. The maximum atomic E-state index is 12.0. The van der Waals surface area contributed by atoms with E-state index >= 15 is 0 Å². The zero-order valence-corrected chi connectivity index (χ0v) is 13.9. The molecule has 1 aromatic heterocycles. The van der Waals surface area contributed by atoms with Crippen LogP contribution in [0, 0.1) is 0 Å². The molecule has 1 aromatic rings. The lowest BCUT2D eigenvalue weighted by atomic mass is 10.1. The zero-order chi connectivity index (χ0) is 16.8. The molecule has 0 spiro atoms. The number of rotatable bonds is 7. The van der Waals surface area contributed by atoms with Crippen molar-refractivity contribution >= 4 is 34.2 Å². The SMILES string of the molecule is CCOCC(=O)OCC(=O)Nc1sc2c(c1C(=O)OC)CCC2. The van der Waals surface area contributed by atoms with Gasteiger partial charge in [0.25, 0.3) is 5.91 Å². The lowest BCUT2D eigenvalue weighted by Crippen LogP contribution is -2.23. The molecule has 0 atom stereocenters. The molecule has 1 aliphatic rings. The number of methoxy groups -OCH3 is 1. The van der Waals surface area contributed by atoms with Crippen molar-refractivity contribution in [3.8, 4) is 0 Å². The first-order chi connectivity index (χ1) is 11.1. The van der Waals surface area contributed by atoms with E-state index in [9.17, 15) is 14.4 Å². The van der Waals surface area contributed by atoms with Crippen LogP contribution < -0.4 is 5.32 Å². The lowest BCUT2D eigenvalue weighted by molar-refractivity contribution is -0.151. The summed E-state index contributed by atoms with van der Waals surface area (Å²) in [5.41, 5.74) is 1.37. The molecule has 0 fully saturated rings. The van der Waals surface area contributed by atoms with Crippen LogP contribution in [0.3, 0.4) is 0 Å². The molecule has 1 aliphatic carbocycles. The van der Waals surface area contributed by atoms with Crippen LogP contribution in [0.4, 0.5) is 5.00 Å². The van der Waals surface area contributed by atoms with Gasteiger partial charge in [-0.25, -0.2) is 9.59 Å². The number of ether oxygens (including phenoxy) is 3. The smallest absolute Gasteiger partial charge is 0.341 e. The molecular weight excluding hydrogens is 322 g/mol. The summed E-state index contributed by atoms with van der Waals surface area (Å²) < 4.78 is 14.5. The van der Waals surface area contributed by atoms with E-state index in [0.29, 0.717) is 17.2 Å². The highest BCUT2D eigenvalue weighted by molar-refractivity contribution is 7.17. The van der Waals surface area contributed by atoms with E-state index in [-0.39, 0.29) is 6.61 Å². The normalized spacial score (nSPS) is 12.6. The van der Waals surface area contributed by atoms with Gasteiger partial charge in [-0.15, -0.1) is 11.3 Å². The van der Waals surface area contributed by atoms with Crippen molar-refractivity contribution < 1.29 is 28.6 Å². The number of esters is 2. The molecule has 0 bridgehead atoms. The van der Waals surface area contributed by atoms with Crippen molar-refractivity contribution in [1.29, 1.82) is 0 Å². The summed E-state index contributed by atoms with van der Waals surface area (Å²) in [5.74, 6) is -1.57. The third kappa shape index (κ3) is 4.29. The first kappa shape index (κ1) is 17.4. The molecule has 0 radical (unpaired) electrons. The van der Waals surface area contributed by atoms with Gasteiger partial charge in [0.15, 0.2) is 6.61 Å². The van der Waals surface area contributed by atoms with Gasteiger partial charge in [-0.2, -0.15) is 0 Å². The van der Waals surface area contributed by atoms with Crippen LogP contribution in [0.1, 0.15) is 34.1 Å². The molecular formula is C15H19NO6S. The van der Waals surface area contributed by atoms with Crippen LogP contribution >= 0.6 is 11.3 Å². The Kier molecular flexibility index (Phi) is 6.12.